The average Bonchev–Trinajstić information content (AvgIpc) is 3.01. The van der Waals surface area contributed by atoms with Crippen LogP contribution in [0.4, 0.5) is 5.13 Å². The minimum absolute atomic E-state index is 0.536. The Bertz CT molecular complexity index is 562. The summed E-state index contributed by atoms with van der Waals surface area (Å²) in [5.74, 6) is 0.663. The molecule has 0 spiro atoms. The fraction of sp³-hybridized carbons (Fsp3) is 0.583. The Morgan fingerprint density at radius 3 is 2.84 bits per heavy atom. The molecule has 0 aliphatic heterocycles. The number of rotatable bonds is 6. The smallest absolute Gasteiger partial charge is 0.206 e. The molecule has 0 amide bonds. The molecule has 0 unspecified atom stereocenters. The topological polar surface area (TPSA) is 59.9 Å². The Morgan fingerprint density at radius 2 is 2.16 bits per heavy atom. The van der Waals surface area contributed by atoms with E-state index in [0.29, 0.717) is 12.5 Å². The first kappa shape index (κ1) is 13.0. The molecule has 3 rings (SSSR count). The Balaban J connectivity index is 1.91. The molecule has 0 bridgehead atoms. The molecule has 7 heteroatoms. The van der Waals surface area contributed by atoms with Crippen molar-refractivity contribution in [1.82, 2.24) is 15.2 Å². The zero-order valence-corrected chi connectivity index (χ0v) is 12.6. The number of thiazole rings is 1. The van der Waals surface area contributed by atoms with Crippen molar-refractivity contribution in [3.05, 3.63) is 10.7 Å². The van der Waals surface area contributed by atoms with E-state index in [9.17, 15) is 0 Å². The predicted molar refractivity (Wildman–Crippen MR) is 77.9 cm³/mol. The van der Waals surface area contributed by atoms with Gasteiger partial charge in [0.25, 0.3) is 0 Å². The maximum Gasteiger partial charge on any atom is 0.206 e. The standard InChI is InChI=1S/C12H16N4OS2/c1-3-13-12-16-15-11(19-12)9-8(6-17-2)14-10(18-9)7-4-5-7/h7H,3-6H2,1-2H3,(H,13,16). The summed E-state index contributed by atoms with van der Waals surface area (Å²) in [4.78, 5) is 5.82. The van der Waals surface area contributed by atoms with Gasteiger partial charge in [0, 0.05) is 19.6 Å². The number of nitrogens with zero attached hydrogens (tertiary/aromatic N) is 3. The Kier molecular flexibility index (Phi) is 3.76. The van der Waals surface area contributed by atoms with Crippen LogP contribution in [0, 0.1) is 0 Å². The zero-order chi connectivity index (χ0) is 13.2. The summed E-state index contributed by atoms with van der Waals surface area (Å²) >= 11 is 3.32. The molecule has 0 radical (unpaired) electrons. The summed E-state index contributed by atoms with van der Waals surface area (Å²) in [6, 6.07) is 0. The fourth-order valence-corrected chi connectivity index (χ4v) is 3.96. The van der Waals surface area contributed by atoms with Crippen molar-refractivity contribution in [3.63, 3.8) is 0 Å². The van der Waals surface area contributed by atoms with Crippen molar-refractivity contribution in [2.45, 2.75) is 32.3 Å². The van der Waals surface area contributed by atoms with Gasteiger partial charge in [0.05, 0.1) is 22.2 Å². The molecule has 1 aliphatic carbocycles. The van der Waals surface area contributed by atoms with Crippen molar-refractivity contribution in [2.24, 2.45) is 0 Å². The van der Waals surface area contributed by atoms with Crippen LogP contribution in [-0.2, 0) is 11.3 Å². The molecule has 1 N–H and O–H groups in total. The second-order valence-corrected chi connectivity index (χ2v) is 6.49. The SMILES string of the molecule is CCNc1nnc(-c2sc(C3CC3)nc2COC)s1. The first-order valence-corrected chi connectivity index (χ1v) is 8.01. The molecule has 2 aromatic rings. The van der Waals surface area contributed by atoms with Crippen molar-refractivity contribution in [3.8, 4) is 9.88 Å². The highest BCUT2D eigenvalue weighted by Gasteiger charge is 2.29. The highest BCUT2D eigenvalue weighted by atomic mass is 32.1. The van der Waals surface area contributed by atoms with Gasteiger partial charge in [-0.1, -0.05) is 11.3 Å². The first-order chi connectivity index (χ1) is 9.31. The monoisotopic (exact) mass is 296 g/mol. The van der Waals surface area contributed by atoms with E-state index in [0.717, 1.165) is 27.3 Å². The maximum absolute atomic E-state index is 5.24. The fourth-order valence-electron chi connectivity index (χ4n) is 1.81. The first-order valence-electron chi connectivity index (χ1n) is 6.38. The van der Waals surface area contributed by atoms with Crippen molar-refractivity contribution in [2.75, 3.05) is 19.0 Å². The maximum atomic E-state index is 5.24. The number of hydrogen-bond donors (Lipinski definition) is 1. The second-order valence-electron chi connectivity index (χ2n) is 4.48. The summed E-state index contributed by atoms with van der Waals surface area (Å²) in [5, 5.41) is 14.6. The Labute approximate surface area is 120 Å². The van der Waals surface area contributed by atoms with E-state index in [2.05, 4.69) is 22.4 Å². The lowest BCUT2D eigenvalue weighted by molar-refractivity contribution is 0.182. The lowest BCUT2D eigenvalue weighted by Crippen LogP contribution is -1.94. The molecule has 2 aromatic heterocycles. The molecule has 1 aliphatic rings. The molecular weight excluding hydrogens is 280 g/mol. The van der Waals surface area contributed by atoms with Gasteiger partial charge in [0.15, 0.2) is 5.01 Å². The molecule has 1 saturated carbocycles. The van der Waals surface area contributed by atoms with Gasteiger partial charge in [-0.05, 0) is 19.8 Å². The number of aromatic nitrogens is 3. The van der Waals surface area contributed by atoms with Crippen LogP contribution in [-0.4, -0.2) is 28.8 Å². The number of anilines is 1. The average molecular weight is 296 g/mol. The van der Waals surface area contributed by atoms with E-state index in [-0.39, 0.29) is 0 Å². The molecule has 0 saturated heterocycles. The number of methoxy groups -OCH3 is 1. The lowest BCUT2D eigenvalue weighted by Gasteiger charge is -1.96. The van der Waals surface area contributed by atoms with E-state index < -0.39 is 0 Å². The highest BCUT2D eigenvalue weighted by molar-refractivity contribution is 7.23. The van der Waals surface area contributed by atoms with Crippen LogP contribution in [0.2, 0.25) is 0 Å². The van der Waals surface area contributed by atoms with Gasteiger partial charge >= 0.3 is 0 Å². The van der Waals surface area contributed by atoms with E-state index in [4.69, 9.17) is 9.72 Å². The third-order valence-corrected chi connectivity index (χ3v) is 5.16. The van der Waals surface area contributed by atoms with Gasteiger partial charge in [0.1, 0.15) is 0 Å². The quantitative estimate of drug-likeness (QED) is 0.887. The number of hydrogen-bond acceptors (Lipinski definition) is 7. The largest absolute Gasteiger partial charge is 0.378 e. The Hall–Kier alpha value is -1.05. The van der Waals surface area contributed by atoms with Crippen molar-refractivity contribution >= 4 is 27.8 Å². The van der Waals surface area contributed by atoms with Crippen LogP contribution in [0.5, 0.6) is 0 Å². The van der Waals surface area contributed by atoms with Crippen LogP contribution in [0.3, 0.4) is 0 Å². The summed E-state index contributed by atoms with van der Waals surface area (Å²) < 4.78 is 5.24. The molecule has 19 heavy (non-hydrogen) atoms. The Morgan fingerprint density at radius 1 is 1.32 bits per heavy atom. The van der Waals surface area contributed by atoms with E-state index in [1.807, 2.05) is 0 Å². The summed E-state index contributed by atoms with van der Waals surface area (Å²) in [6.07, 6.45) is 2.52. The van der Waals surface area contributed by atoms with Gasteiger partial charge in [-0.25, -0.2) is 4.98 Å². The van der Waals surface area contributed by atoms with Crippen molar-refractivity contribution in [1.29, 1.82) is 0 Å². The molecule has 5 nitrogen and oxygen atoms in total. The summed E-state index contributed by atoms with van der Waals surface area (Å²) in [7, 11) is 1.70. The molecule has 0 aromatic carbocycles. The van der Waals surface area contributed by atoms with Crippen LogP contribution in [0.25, 0.3) is 9.88 Å². The molecular formula is C12H16N4OS2. The molecule has 1 fully saturated rings. The van der Waals surface area contributed by atoms with E-state index >= 15 is 0 Å². The number of nitrogens with one attached hydrogen (secondary N) is 1. The van der Waals surface area contributed by atoms with Crippen LogP contribution in [0.15, 0.2) is 0 Å². The van der Waals surface area contributed by atoms with Crippen molar-refractivity contribution < 1.29 is 4.74 Å². The number of ether oxygens (including phenoxy) is 1. The third-order valence-electron chi connectivity index (χ3n) is 2.87. The van der Waals surface area contributed by atoms with E-state index in [1.165, 1.54) is 17.8 Å². The second kappa shape index (κ2) is 5.52. The molecule has 2 heterocycles. The van der Waals surface area contributed by atoms with Gasteiger partial charge in [-0.3, -0.25) is 0 Å². The summed E-state index contributed by atoms with van der Waals surface area (Å²) in [5.41, 5.74) is 0.994. The van der Waals surface area contributed by atoms with E-state index in [1.54, 1.807) is 29.8 Å². The molecule has 102 valence electrons. The normalized spacial score (nSPS) is 14.8. The highest BCUT2D eigenvalue weighted by Crippen LogP contribution is 2.45. The van der Waals surface area contributed by atoms with Gasteiger partial charge < -0.3 is 10.1 Å². The van der Waals surface area contributed by atoms with Gasteiger partial charge in [0.2, 0.25) is 5.13 Å². The third kappa shape index (κ3) is 2.77. The molecule has 0 atom stereocenters. The zero-order valence-electron chi connectivity index (χ0n) is 11.0. The summed E-state index contributed by atoms with van der Waals surface area (Å²) in [6.45, 7) is 3.44. The predicted octanol–water partition coefficient (Wildman–Crippen LogP) is 3.12. The van der Waals surface area contributed by atoms with Crippen LogP contribution < -0.4 is 5.32 Å². The minimum Gasteiger partial charge on any atom is -0.378 e. The van der Waals surface area contributed by atoms with Crippen LogP contribution in [0.1, 0.15) is 36.4 Å². The lowest BCUT2D eigenvalue weighted by atomic mass is 10.4. The van der Waals surface area contributed by atoms with Crippen LogP contribution >= 0.6 is 22.7 Å². The minimum atomic E-state index is 0.536. The van der Waals surface area contributed by atoms with Gasteiger partial charge in [-0.15, -0.1) is 21.5 Å². The van der Waals surface area contributed by atoms with Gasteiger partial charge in [-0.2, -0.15) is 0 Å².